The van der Waals surface area contributed by atoms with Crippen LogP contribution in [0, 0.1) is 0 Å². The first-order chi connectivity index (χ1) is 9.22. The molecule has 0 spiro atoms. The molecule has 0 aliphatic heterocycles. The van der Waals surface area contributed by atoms with Crippen molar-refractivity contribution >= 4 is 30.8 Å². The quantitative estimate of drug-likeness (QED) is 0.570. The second-order valence-corrected chi connectivity index (χ2v) is 4.21. The lowest BCUT2D eigenvalue weighted by atomic mass is 10.2. The number of benzene rings is 1. The van der Waals surface area contributed by atoms with Gasteiger partial charge in [-0.15, -0.1) is 24.8 Å². The van der Waals surface area contributed by atoms with E-state index in [0.717, 1.165) is 38.2 Å². The Labute approximate surface area is 138 Å². The van der Waals surface area contributed by atoms with E-state index < -0.39 is 5.97 Å². The number of carboxylic acids is 1. The largest absolute Gasteiger partial charge is 0.482 e. The molecule has 0 aliphatic rings. The van der Waals surface area contributed by atoms with E-state index in [1.165, 1.54) is 0 Å². The number of halogens is 2. The van der Waals surface area contributed by atoms with Crippen LogP contribution in [-0.4, -0.2) is 37.3 Å². The summed E-state index contributed by atoms with van der Waals surface area (Å²) in [5.41, 5.74) is 1.16. The fourth-order valence-corrected chi connectivity index (χ4v) is 1.60. The lowest BCUT2D eigenvalue weighted by molar-refractivity contribution is -0.139. The van der Waals surface area contributed by atoms with E-state index in [1.807, 2.05) is 12.1 Å². The third-order valence-electron chi connectivity index (χ3n) is 2.57. The second kappa shape index (κ2) is 13.9. The zero-order valence-corrected chi connectivity index (χ0v) is 13.8. The van der Waals surface area contributed by atoms with Crippen LogP contribution in [0.4, 0.5) is 0 Å². The van der Waals surface area contributed by atoms with Gasteiger partial charge in [0.15, 0.2) is 6.61 Å². The van der Waals surface area contributed by atoms with Gasteiger partial charge in [-0.2, -0.15) is 0 Å². The molecule has 0 radical (unpaired) electrons. The van der Waals surface area contributed by atoms with Crippen LogP contribution in [0.1, 0.15) is 18.9 Å². The zero-order chi connectivity index (χ0) is 13.9. The maximum atomic E-state index is 10.3. The highest BCUT2D eigenvalue weighted by atomic mass is 35.5. The molecule has 5 nitrogen and oxygen atoms in total. The first-order valence-electron chi connectivity index (χ1n) is 6.57. The molecular formula is C14H24Cl2N2O3. The summed E-state index contributed by atoms with van der Waals surface area (Å²) < 4.78 is 5.06. The van der Waals surface area contributed by atoms with Gasteiger partial charge in [0.1, 0.15) is 5.75 Å². The van der Waals surface area contributed by atoms with Crippen LogP contribution < -0.4 is 15.4 Å². The van der Waals surface area contributed by atoms with Gasteiger partial charge in [0.05, 0.1) is 0 Å². The molecule has 0 unspecified atom stereocenters. The van der Waals surface area contributed by atoms with Crippen LogP contribution in [0.25, 0.3) is 0 Å². The third kappa shape index (κ3) is 11.3. The Hall–Kier alpha value is -1.01. The van der Waals surface area contributed by atoms with Crippen LogP contribution in [0.3, 0.4) is 0 Å². The normalized spacial score (nSPS) is 9.38. The van der Waals surface area contributed by atoms with Crippen LogP contribution in [0.15, 0.2) is 24.3 Å². The summed E-state index contributed by atoms with van der Waals surface area (Å²) in [6, 6.07) is 7.46. The maximum Gasteiger partial charge on any atom is 0.341 e. The lowest BCUT2D eigenvalue weighted by Crippen LogP contribution is -2.21. The predicted molar refractivity (Wildman–Crippen MR) is 88.9 cm³/mol. The number of aliphatic carboxylic acids is 1. The Morgan fingerprint density at radius 3 is 2.33 bits per heavy atom. The Kier molecular flexibility index (Phi) is 14.8. The molecule has 3 N–H and O–H groups in total. The molecule has 1 aromatic rings. The molecule has 0 fully saturated rings. The average Bonchev–Trinajstić information content (AvgIpc) is 2.41. The van der Waals surface area contributed by atoms with Crippen molar-refractivity contribution < 1.29 is 14.6 Å². The van der Waals surface area contributed by atoms with Crippen LogP contribution in [-0.2, 0) is 11.3 Å². The average molecular weight is 339 g/mol. The molecule has 0 heterocycles. The van der Waals surface area contributed by atoms with Crippen molar-refractivity contribution in [3.05, 3.63) is 29.8 Å². The highest BCUT2D eigenvalue weighted by molar-refractivity contribution is 5.85. The molecule has 1 aromatic carbocycles. The number of hydrogen-bond donors (Lipinski definition) is 3. The number of hydrogen-bond acceptors (Lipinski definition) is 4. The molecule has 122 valence electrons. The van der Waals surface area contributed by atoms with E-state index in [2.05, 4.69) is 17.6 Å². The van der Waals surface area contributed by atoms with Crippen molar-refractivity contribution in [2.75, 3.05) is 26.2 Å². The summed E-state index contributed by atoms with van der Waals surface area (Å²) in [7, 11) is 0. The minimum atomic E-state index is -0.966. The Morgan fingerprint density at radius 1 is 1.14 bits per heavy atom. The first-order valence-corrected chi connectivity index (χ1v) is 6.57. The summed E-state index contributed by atoms with van der Waals surface area (Å²) in [5, 5.41) is 15.1. The van der Waals surface area contributed by atoms with Crippen molar-refractivity contribution in [2.24, 2.45) is 0 Å². The molecule has 7 heteroatoms. The minimum Gasteiger partial charge on any atom is -0.482 e. The molecule has 1 rings (SSSR count). The maximum absolute atomic E-state index is 10.3. The van der Waals surface area contributed by atoms with Gasteiger partial charge < -0.3 is 20.5 Å². The lowest BCUT2D eigenvalue weighted by Gasteiger charge is -2.07. The van der Waals surface area contributed by atoms with Crippen molar-refractivity contribution in [3.8, 4) is 5.75 Å². The number of carboxylic acid groups (broad SMARTS) is 1. The zero-order valence-electron chi connectivity index (χ0n) is 12.1. The number of ether oxygens (including phenoxy) is 1. The van der Waals surface area contributed by atoms with Gasteiger partial charge in [-0.25, -0.2) is 4.79 Å². The summed E-state index contributed by atoms with van der Waals surface area (Å²) in [4.78, 5) is 10.3. The molecule has 0 atom stereocenters. The highest BCUT2D eigenvalue weighted by Crippen LogP contribution is 2.11. The van der Waals surface area contributed by atoms with Gasteiger partial charge in [-0.05, 0) is 43.8 Å². The van der Waals surface area contributed by atoms with E-state index in [9.17, 15) is 4.79 Å². The Balaban J connectivity index is 0. The third-order valence-corrected chi connectivity index (χ3v) is 2.57. The van der Waals surface area contributed by atoms with Crippen molar-refractivity contribution in [1.29, 1.82) is 0 Å². The van der Waals surface area contributed by atoms with E-state index in [1.54, 1.807) is 12.1 Å². The Morgan fingerprint density at radius 2 is 1.76 bits per heavy atom. The van der Waals surface area contributed by atoms with E-state index in [4.69, 9.17) is 9.84 Å². The van der Waals surface area contributed by atoms with Crippen molar-refractivity contribution in [2.45, 2.75) is 19.9 Å². The minimum absolute atomic E-state index is 0. The highest BCUT2D eigenvalue weighted by Gasteiger charge is 1.99. The van der Waals surface area contributed by atoms with Gasteiger partial charge >= 0.3 is 5.97 Å². The molecule has 21 heavy (non-hydrogen) atoms. The number of carbonyl (C=O) groups is 1. The second-order valence-electron chi connectivity index (χ2n) is 4.21. The predicted octanol–water partition coefficient (Wildman–Crippen LogP) is 2.08. The van der Waals surface area contributed by atoms with Gasteiger partial charge in [0, 0.05) is 6.54 Å². The molecule has 0 saturated heterocycles. The van der Waals surface area contributed by atoms with Crippen molar-refractivity contribution in [1.82, 2.24) is 10.6 Å². The first kappa shape index (κ1) is 22.3. The SMILES string of the molecule is CCNCCCNCc1ccc(OCC(=O)O)cc1.Cl.Cl. The summed E-state index contributed by atoms with van der Waals surface area (Å²) in [6.45, 7) is 5.63. The standard InChI is InChI=1S/C14H22N2O3.2ClH/c1-2-15-8-3-9-16-10-12-4-6-13(7-5-12)19-11-14(17)18;;/h4-7,15-16H,2-3,8-11H2,1H3,(H,17,18);2*1H. The van der Waals surface area contributed by atoms with Gasteiger partial charge in [0.2, 0.25) is 0 Å². The monoisotopic (exact) mass is 338 g/mol. The smallest absolute Gasteiger partial charge is 0.341 e. The Bertz CT molecular complexity index is 375. The van der Waals surface area contributed by atoms with Gasteiger partial charge in [-0.1, -0.05) is 19.1 Å². The van der Waals surface area contributed by atoms with Gasteiger partial charge in [-0.3, -0.25) is 0 Å². The van der Waals surface area contributed by atoms with E-state index >= 15 is 0 Å². The number of nitrogens with one attached hydrogen (secondary N) is 2. The number of rotatable bonds is 10. The molecule has 0 bridgehead atoms. The summed E-state index contributed by atoms with van der Waals surface area (Å²) in [5.74, 6) is -0.385. The molecule has 0 amide bonds. The summed E-state index contributed by atoms with van der Waals surface area (Å²) >= 11 is 0. The molecule has 0 aliphatic carbocycles. The van der Waals surface area contributed by atoms with Crippen LogP contribution in [0.5, 0.6) is 5.75 Å². The van der Waals surface area contributed by atoms with Crippen LogP contribution in [0.2, 0.25) is 0 Å². The molecular weight excluding hydrogens is 315 g/mol. The van der Waals surface area contributed by atoms with Gasteiger partial charge in [0.25, 0.3) is 0 Å². The molecule has 0 saturated carbocycles. The molecule has 0 aromatic heterocycles. The van der Waals surface area contributed by atoms with Crippen molar-refractivity contribution in [3.63, 3.8) is 0 Å². The fraction of sp³-hybridized carbons (Fsp3) is 0.500. The van der Waals surface area contributed by atoms with Crippen LogP contribution >= 0.6 is 24.8 Å². The van der Waals surface area contributed by atoms with E-state index in [-0.39, 0.29) is 31.4 Å². The topological polar surface area (TPSA) is 70.6 Å². The fourth-order valence-electron chi connectivity index (χ4n) is 1.60. The van der Waals surface area contributed by atoms with E-state index in [0.29, 0.717) is 5.75 Å². The summed E-state index contributed by atoms with van der Waals surface area (Å²) in [6.07, 6.45) is 1.10.